The van der Waals surface area contributed by atoms with Crippen molar-refractivity contribution in [3.8, 4) is 0 Å². The van der Waals surface area contributed by atoms with E-state index in [1.807, 2.05) is 0 Å². The predicted molar refractivity (Wildman–Crippen MR) is 52.5 cm³/mol. The minimum atomic E-state index is -2.04. The van der Waals surface area contributed by atoms with Crippen LogP contribution in [0.4, 0.5) is 0 Å². The van der Waals surface area contributed by atoms with E-state index in [2.05, 4.69) is 0 Å². The van der Waals surface area contributed by atoms with Gasteiger partial charge in [0.15, 0.2) is 5.60 Å². The molecule has 0 aromatic heterocycles. The Bertz CT molecular complexity index is 339. The van der Waals surface area contributed by atoms with Crippen LogP contribution < -0.4 is 0 Å². The quantitative estimate of drug-likeness (QED) is 0.591. The average molecular weight is 230 g/mol. The Balaban J connectivity index is 2.71. The van der Waals surface area contributed by atoms with Crippen molar-refractivity contribution in [1.29, 1.82) is 0 Å². The lowest BCUT2D eigenvalue weighted by atomic mass is 10.1. The summed E-state index contributed by atoms with van der Waals surface area (Å²) in [5.74, 6) is -2.07. The normalized spacial score (nSPS) is 20.9. The molecule has 1 aliphatic heterocycles. The van der Waals surface area contributed by atoms with Crippen LogP contribution in [0.3, 0.4) is 0 Å². The molecule has 1 saturated heterocycles. The summed E-state index contributed by atoms with van der Waals surface area (Å²) in [5.41, 5.74) is -2.04. The van der Waals surface area contributed by atoms with E-state index in [1.54, 1.807) is 0 Å². The lowest BCUT2D eigenvalue weighted by molar-refractivity contribution is -0.163. The first-order chi connectivity index (χ1) is 7.24. The molecule has 90 valence electrons. The highest BCUT2D eigenvalue weighted by molar-refractivity contribution is 5.92. The van der Waals surface area contributed by atoms with Gasteiger partial charge in [-0.25, -0.2) is 4.79 Å². The van der Waals surface area contributed by atoms with Gasteiger partial charge in [0.2, 0.25) is 11.8 Å². The number of carboxylic acid groups (broad SMARTS) is 1. The fraction of sp³-hybridized carbons (Fsp3) is 0.667. The zero-order valence-electron chi connectivity index (χ0n) is 9.13. The van der Waals surface area contributed by atoms with E-state index in [-0.39, 0.29) is 31.4 Å². The molecule has 2 amide bonds. The minimum Gasteiger partial charge on any atom is -0.479 e. The molecule has 2 N–H and O–H groups in total. The number of rotatable bonds is 3. The number of hydrogen-bond acceptors (Lipinski definition) is 4. The molecule has 1 rings (SSSR count). The third-order valence-corrected chi connectivity index (χ3v) is 2.44. The molecule has 0 aromatic rings. The molecule has 1 unspecified atom stereocenters. The Labute approximate surface area is 92.2 Å². The fourth-order valence-electron chi connectivity index (χ4n) is 1.35. The van der Waals surface area contributed by atoms with Gasteiger partial charge in [-0.1, -0.05) is 0 Å². The van der Waals surface area contributed by atoms with Gasteiger partial charge in [-0.15, -0.1) is 0 Å². The van der Waals surface area contributed by atoms with Crippen molar-refractivity contribution in [2.45, 2.75) is 12.5 Å². The molecule has 7 nitrogen and oxygen atoms in total. The zero-order valence-corrected chi connectivity index (χ0v) is 9.13. The number of amides is 2. The summed E-state index contributed by atoms with van der Waals surface area (Å²) in [4.78, 5) is 35.8. The van der Waals surface area contributed by atoms with Crippen molar-refractivity contribution in [3.63, 3.8) is 0 Å². The van der Waals surface area contributed by atoms with E-state index in [0.29, 0.717) is 0 Å². The van der Waals surface area contributed by atoms with Gasteiger partial charge in [-0.05, 0) is 6.92 Å². The number of piperazine rings is 1. The van der Waals surface area contributed by atoms with E-state index < -0.39 is 11.6 Å². The van der Waals surface area contributed by atoms with Crippen LogP contribution in [0.2, 0.25) is 0 Å². The second-order valence-electron chi connectivity index (χ2n) is 4.08. The molecule has 0 spiro atoms. The fourth-order valence-corrected chi connectivity index (χ4v) is 1.35. The van der Waals surface area contributed by atoms with Gasteiger partial charge in [-0.2, -0.15) is 0 Å². The van der Waals surface area contributed by atoms with E-state index in [1.165, 1.54) is 11.9 Å². The van der Waals surface area contributed by atoms with Crippen molar-refractivity contribution in [2.75, 3.05) is 26.7 Å². The Morgan fingerprint density at radius 3 is 2.44 bits per heavy atom. The Morgan fingerprint density at radius 2 is 1.94 bits per heavy atom. The number of carbonyl (C=O) groups excluding carboxylic acids is 2. The molecular weight excluding hydrogens is 216 g/mol. The number of carbonyl (C=O) groups is 3. The van der Waals surface area contributed by atoms with Crippen LogP contribution in [-0.4, -0.2) is 70.1 Å². The predicted octanol–water partition coefficient (Wildman–Crippen LogP) is -1.88. The molecule has 1 heterocycles. The van der Waals surface area contributed by atoms with Crippen molar-refractivity contribution < 1.29 is 24.6 Å². The number of likely N-dealkylation sites (N-methyl/N-ethyl adjacent to an activating group) is 1. The van der Waals surface area contributed by atoms with E-state index in [4.69, 9.17) is 5.11 Å². The van der Waals surface area contributed by atoms with Crippen LogP contribution in [0, 0.1) is 0 Å². The Kier molecular flexibility index (Phi) is 3.18. The van der Waals surface area contributed by atoms with Gasteiger partial charge in [-0.3, -0.25) is 9.59 Å². The number of hydrogen-bond donors (Lipinski definition) is 2. The van der Waals surface area contributed by atoms with Crippen LogP contribution in [0.25, 0.3) is 0 Å². The highest BCUT2D eigenvalue weighted by Gasteiger charge is 2.37. The summed E-state index contributed by atoms with van der Waals surface area (Å²) in [6, 6.07) is 0. The molecule has 0 aliphatic carbocycles. The standard InChI is InChI=1S/C9H14N2O5/c1-9(16,8(14)15)5-11-4-6(12)10(2)3-7(11)13/h16H,3-5H2,1-2H3,(H,14,15). The molecule has 0 radical (unpaired) electrons. The SMILES string of the molecule is CN1CC(=O)N(CC(C)(O)C(=O)O)CC1=O. The first kappa shape index (κ1) is 12.4. The maximum atomic E-state index is 11.5. The maximum absolute atomic E-state index is 11.5. The van der Waals surface area contributed by atoms with Crippen LogP contribution >= 0.6 is 0 Å². The Morgan fingerprint density at radius 1 is 1.38 bits per heavy atom. The summed E-state index contributed by atoms with van der Waals surface area (Å²) in [5, 5.41) is 18.2. The highest BCUT2D eigenvalue weighted by Crippen LogP contribution is 2.10. The van der Waals surface area contributed by atoms with Crippen LogP contribution in [0.5, 0.6) is 0 Å². The third-order valence-electron chi connectivity index (χ3n) is 2.44. The molecule has 0 bridgehead atoms. The van der Waals surface area contributed by atoms with Crippen molar-refractivity contribution in [1.82, 2.24) is 9.80 Å². The lowest BCUT2D eigenvalue weighted by Gasteiger charge is -2.34. The van der Waals surface area contributed by atoms with Gasteiger partial charge in [0, 0.05) is 7.05 Å². The second kappa shape index (κ2) is 4.09. The van der Waals surface area contributed by atoms with E-state index >= 15 is 0 Å². The van der Waals surface area contributed by atoms with Gasteiger partial charge in [0.05, 0.1) is 19.6 Å². The summed E-state index contributed by atoms with van der Waals surface area (Å²) >= 11 is 0. The summed E-state index contributed by atoms with van der Waals surface area (Å²) < 4.78 is 0. The molecule has 0 aromatic carbocycles. The minimum absolute atomic E-state index is 0.0888. The smallest absolute Gasteiger partial charge is 0.337 e. The number of β-amino-alcohol motifs (C(OH)–C–C–N with tert-alkyl or cyclic N) is 1. The molecule has 1 atom stereocenters. The zero-order chi connectivity index (χ0) is 12.5. The van der Waals surface area contributed by atoms with Crippen molar-refractivity contribution in [3.05, 3.63) is 0 Å². The highest BCUT2D eigenvalue weighted by atomic mass is 16.4. The number of carboxylic acids is 1. The number of aliphatic hydroxyl groups is 1. The molecule has 1 aliphatic rings. The number of aliphatic carboxylic acids is 1. The topological polar surface area (TPSA) is 98.2 Å². The molecular formula is C9H14N2O5. The summed E-state index contributed by atoms with van der Waals surface area (Å²) in [7, 11) is 1.49. The summed E-state index contributed by atoms with van der Waals surface area (Å²) in [6.07, 6.45) is 0. The van der Waals surface area contributed by atoms with Crippen LogP contribution in [-0.2, 0) is 14.4 Å². The maximum Gasteiger partial charge on any atom is 0.337 e. The molecule has 0 saturated carbocycles. The van der Waals surface area contributed by atoms with Crippen molar-refractivity contribution in [2.24, 2.45) is 0 Å². The monoisotopic (exact) mass is 230 g/mol. The summed E-state index contributed by atoms with van der Waals surface area (Å²) in [6.45, 7) is 0.416. The van der Waals surface area contributed by atoms with E-state index in [0.717, 1.165) is 11.8 Å². The number of nitrogens with zero attached hydrogens (tertiary/aromatic N) is 2. The first-order valence-corrected chi connectivity index (χ1v) is 4.71. The van der Waals surface area contributed by atoms with Gasteiger partial charge >= 0.3 is 5.97 Å². The largest absolute Gasteiger partial charge is 0.479 e. The van der Waals surface area contributed by atoms with E-state index in [9.17, 15) is 19.5 Å². The first-order valence-electron chi connectivity index (χ1n) is 4.71. The van der Waals surface area contributed by atoms with Gasteiger partial charge < -0.3 is 20.0 Å². The lowest BCUT2D eigenvalue weighted by Crippen LogP contribution is -2.57. The van der Waals surface area contributed by atoms with Crippen molar-refractivity contribution >= 4 is 17.8 Å². The second-order valence-corrected chi connectivity index (χ2v) is 4.08. The third kappa shape index (κ3) is 2.48. The Hall–Kier alpha value is -1.63. The molecule has 16 heavy (non-hydrogen) atoms. The van der Waals surface area contributed by atoms with Gasteiger partial charge in [0.25, 0.3) is 0 Å². The average Bonchev–Trinajstić information content (AvgIpc) is 2.13. The van der Waals surface area contributed by atoms with Crippen LogP contribution in [0.15, 0.2) is 0 Å². The molecule has 7 heteroatoms. The van der Waals surface area contributed by atoms with Gasteiger partial charge in [0.1, 0.15) is 0 Å². The van der Waals surface area contributed by atoms with Crippen LogP contribution in [0.1, 0.15) is 6.92 Å². The molecule has 1 fully saturated rings.